The first kappa shape index (κ1) is 14.4. The summed E-state index contributed by atoms with van der Waals surface area (Å²) >= 11 is 12.2. The number of carbonyl (C=O) groups is 1. The van der Waals surface area contributed by atoms with Crippen LogP contribution in [0.25, 0.3) is 0 Å². The molecule has 2 atom stereocenters. The summed E-state index contributed by atoms with van der Waals surface area (Å²) in [5.74, 6) is 0.584. The predicted octanol–water partition coefficient (Wildman–Crippen LogP) is 3.88. The second-order valence-corrected chi connectivity index (χ2v) is 6.05. The third-order valence-corrected chi connectivity index (χ3v) is 4.58. The van der Waals surface area contributed by atoms with Crippen molar-refractivity contribution in [3.05, 3.63) is 50.8 Å². The fraction of sp³-hybridized carbons (Fsp3) is 0.333. The number of carbonyl (C=O) groups excluding carboxylic acids is 1. The molecule has 1 saturated carbocycles. The molecule has 1 fully saturated rings. The number of aryl methyl sites for hydroxylation is 2. The van der Waals surface area contributed by atoms with Gasteiger partial charge in [0, 0.05) is 12.0 Å². The van der Waals surface area contributed by atoms with Gasteiger partial charge in [0.25, 0.3) is 5.91 Å². The van der Waals surface area contributed by atoms with Gasteiger partial charge in [-0.15, -0.1) is 0 Å². The van der Waals surface area contributed by atoms with E-state index >= 15 is 0 Å². The number of hydrogen-bond acceptors (Lipinski definition) is 3. The highest BCUT2D eigenvalue weighted by atomic mass is 35.5. The van der Waals surface area contributed by atoms with Gasteiger partial charge < -0.3 is 9.84 Å². The first-order valence-corrected chi connectivity index (χ1v) is 7.42. The molecule has 1 heterocycles. The van der Waals surface area contributed by atoms with Crippen LogP contribution in [-0.2, 0) is 0 Å². The molecule has 0 unspecified atom stereocenters. The van der Waals surface area contributed by atoms with E-state index in [2.05, 4.69) is 10.5 Å². The van der Waals surface area contributed by atoms with Crippen LogP contribution in [0.4, 0.5) is 0 Å². The molecule has 0 bridgehead atoms. The van der Waals surface area contributed by atoms with Crippen LogP contribution in [0.2, 0.25) is 10.0 Å². The Kier molecular flexibility index (Phi) is 3.68. The predicted molar refractivity (Wildman–Crippen MR) is 81.1 cm³/mol. The Morgan fingerprint density at radius 1 is 1.38 bits per heavy atom. The second-order valence-electron chi connectivity index (χ2n) is 5.26. The van der Waals surface area contributed by atoms with Crippen molar-refractivity contribution >= 4 is 29.1 Å². The van der Waals surface area contributed by atoms with Crippen LogP contribution in [0.15, 0.2) is 22.7 Å². The third kappa shape index (κ3) is 2.65. The molecular weight excluding hydrogens is 311 g/mol. The molecule has 1 aliphatic carbocycles. The Morgan fingerprint density at radius 2 is 2.14 bits per heavy atom. The maximum absolute atomic E-state index is 12.3. The van der Waals surface area contributed by atoms with E-state index < -0.39 is 0 Å². The van der Waals surface area contributed by atoms with Crippen LogP contribution in [-0.4, -0.2) is 17.1 Å². The number of rotatable bonds is 3. The highest BCUT2D eigenvalue weighted by molar-refractivity contribution is 6.42. The zero-order valence-corrected chi connectivity index (χ0v) is 13.1. The second kappa shape index (κ2) is 5.35. The summed E-state index contributed by atoms with van der Waals surface area (Å²) in [6.45, 7) is 3.48. The van der Waals surface area contributed by atoms with Crippen LogP contribution in [0.1, 0.15) is 39.7 Å². The molecule has 110 valence electrons. The topological polar surface area (TPSA) is 55.1 Å². The van der Waals surface area contributed by atoms with E-state index in [-0.39, 0.29) is 17.9 Å². The molecule has 2 aromatic rings. The summed E-state index contributed by atoms with van der Waals surface area (Å²) < 4.78 is 5.02. The Labute approximate surface area is 132 Å². The summed E-state index contributed by atoms with van der Waals surface area (Å²) in [5.41, 5.74) is 2.09. The van der Waals surface area contributed by atoms with E-state index in [1.165, 1.54) is 0 Å². The van der Waals surface area contributed by atoms with Crippen LogP contribution >= 0.6 is 23.2 Å². The third-order valence-electron chi connectivity index (χ3n) is 3.75. The molecule has 1 aliphatic rings. The number of aromatic nitrogens is 1. The summed E-state index contributed by atoms with van der Waals surface area (Å²) in [6.07, 6.45) is 0.856. The maximum atomic E-state index is 12.3. The van der Waals surface area contributed by atoms with Crippen LogP contribution in [0.3, 0.4) is 0 Å². The van der Waals surface area contributed by atoms with Crippen molar-refractivity contribution in [2.24, 2.45) is 0 Å². The van der Waals surface area contributed by atoms with Crippen molar-refractivity contribution in [3.63, 3.8) is 0 Å². The standard InChI is InChI=1S/C15H14Cl2N2O2/c1-7-13(8(2)21-19-7)15(20)18-12-6-10(12)9-4-3-5-11(16)14(9)17/h3-5,10,12H,6H2,1-2H3,(H,18,20)/t10-,12-/m1/s1. The minimum atomic E-state index is -0.156. The number of nitrogens with one attached hydrogen (secondary N) is 1. The molecule has 1 aromatic heterocycles. The van der Waals surface area contributed by atoms with E-state index in [0.29, 0.717) is 27.1 Å². The number of hydrogen-bond donors (Lipinski definition) is 1. The van der Waals surface area contributed by atoms with Gasteiger partial charge in [-0.05, 0) is 31.9 Å². The van der Waals surface area contributed by atoms with Gasteiger partial charge >= 0.3 is 0 Å². The molecule has 21 heavy (non-hydrogen) atoms. The smallest absolute Gasteiger partial charge is 0.257 e. The lowest BCUT2D eigenvalue weighted by Crippen LogP contribution is -2.27. The van der Waals surface area contributed by atoms with Gasteiger partial charge in [0.1, 0.15) is 11.3 Å². The molecule has 1 amide bonds. The molecule has 1 aromatic carbocycles. The Balaban J connectivity index is 1.72. The first-order chi connectivity index (χ1) is 9.99. The number of nitrogens with zero attached hydrogens (tertiary/aromatic N) is 1. The molecule has 0 radical (unpaired) electrons. The minimum Gasteiger partial charge on any atom is -0.361 e. The van der Waals surface area contributed by atoms with E-state index in [9.17, 15) is 4.79 Å². The lowest BCUT2D eigenvalue weighted by molar-refractivity contribution is 0.0948. The van der Waals surface area contributed by atoms with Crippen molar-refractivity contribution in [2.45, 2.75) is 32.2 Å². The van der Waals surface area contributed by atoms with E-state index in [1.54, 1.807) is 19.9 Å². The summed E-state index contributed by atoms with van der Waals surface area (Å²) in [7, 11) is 0. The quantitative estimate of drug-likeness (QED) is 0.931. The highest BCUT2D eigenvalue weighted by Gasteiger charge is 2.41. The zero-order chi connectivity index (χ0) is 15.1. The minimum absolute atomic E-state index is 0.0715. The monoisotopic (exact) mass is 324 g/mol. The Morgan fingerprint density at radius 3 is 2.81 bits per heavy atom. The van der Waals surface area contributed by atoms with Gasteiger partial charge in [-0.25, -0.2) is 0 Å². The molecule has 0 spiro atoms. The molecule has 0 aliphatic heterocycles. The number of halogens is 2. The van der Waals surface area contributed by atoms with Gasteiger partial charge in [-0.2, -0.15) is 0 Å². The van der Waals surface area contributed by atoms with Gasteiger partial charge in [0.2, 0.25) is 0 Å². The van der Waals surface area contributed by atoms with Crippen LogP contribution < -0.4 is 5.32 Å². The van der Waals surface area contributed by atoms with Crippen molar-refractivity contribution in [3.8, 4) is 0 Å². The van der Waals surface area contributed by atoms with Crippen molar-refractivity contribution in [2.75, 3.05) is 0 Å². The van der Waals surface area contributed by atoms with Gasteiger partial charge in [-0.3, -0.25) is 4.79 Å². The lowest BCUT2D eigenvalue weighted by Gasteiger charge is -2.07. The average Bonchev–Trinajstić information content (AvgIpc) is 3.10. The maximum Gasteiger partial charge on any atom is 0.257 e. The summed E-state index contributed by atoms with van der Waals surface area (Å²) in [5, 5.41) is 7.89. The lowest BCUT2D eigenvalue weighted by atomic mass is 10.1. The molecule has 4 nitrogen and oxygen atoms in total. The highest BCUT2D eigenvalue weighted by Crippen LogP contribution is 2.45. The zero-order valence-electron chi connectivity index (χ0n) is 11.6. The molecular formula is C15H14Cl2N2O2. The van der Waals surface area contributed by atoms with Gasteiger partial charge in [0.15, 0.2) is 0 Å². The van der Waals surface area contributed by atoms with Gasteiger partial charge in [-0.1, -0.05) is 40.5 Å². The largest absolute Gasteiger partial charge is 0.361 e. The average molecular weight is 325 g/mol. The van der Waals surface area contributed by atoms with Crippen LogP contribution in [0, 0.1) is 13.8 Å². The molecule has 6 heteroatoms. The van der Waals surface area contributed by atoms with Gasteiger partial charge in [0.05, 0.1) is 15.7 Å². The van der Waals surface area contributed by atoms with Crippen molar-refractivity contribution in [1.29, 1.82) is 0 Å². The fourth-order valence-corrected chi connectivity index (χ4v) is 3.00. The Hall–Kier alpha value is -1.52. The Bertz CT molecular complexity index is 692. The molecule has 1 N–H and O–H groups in total. The molecule has 0 saturated heterocycles. The van der Waals surface area contributed by atoms with E-state index in [1.807, 2.05) is 12.1 Å². The SMILES string of the molecule is Cc1noc(C)c1C(=O)N[C@@H]1C[C@@H]1c1cccc(Cl)c1Cl. The normalized spacial score (nSPS) is 20.4. The van der Waals surface area contributed by atoms with E-state index in [4.69, 9.17) is 27.7 Å². The summed E-state index contributed by atoms with van der Waals surface area (Å²) in [4.78, 5) is 12.3. The molecule has 3 rings (SSSR count). The van der Waals surface area contributed by atoms with Crippen LogP contribution in [0.5, 0.6) is 0 Å². The van der Waals surface area contributed by atoms with Crippen molar-refractivity contribution < 1.29 is 9.32 Å². The number of amides is 1. The first-order valence-electron chi connectivity index (χ1n) is 6.66. The number of benzene rings is 1. The fourth-order valence-electron chi connectivity index (χ4n) is 2.55. The van der Waals surface area contributed by atoms with E-state index in [0.717, 1.165) is 12.0 Å². The van der Waals surface area contributed by atoms with Crippen molar-refractivity contribution in [1.82, 2.24) is 10.5 Å². The summed E-state index contributed by atoms with van der Waals surface area (Å²) in [6, 6.07) is 5.64.